The van der Waals surface area contributed by atoms with Crippen molar-refractivity contribution in [2.45, 2.75) is 6.92 Å². The predicted octanol–water partition coefficient (Wildman–Crippen LogP) is 3.81. The van der Waals surface area contributed by atoms with Gasteiger partial charge in [0.1, 0.15) is 23.0 Å². The predicted molar refractivity (Wildman–Crippen MR) is 74.3 cm³/mol. The molecule has 19 heavy (non-hydrogen) atoms. The van der Waals surface area contributed by atoms with Crippen LogP contribution in [0.15, 0.2) is 30.3 Å². The van der Waals surface area contributed by atoms with Crippen molar-refractivity contribution in [2.24, 2.45) is 0 Å². The van der Waals surface area contributed by atoms with E-state index in [2.05, 4.69) is 0 Å². The summed E-state index contributed by atoms with van der Waals surface area (Å²) in [6, 6.07) is 7.03. The van der Waals surface area contributed by atoms with E-state index in [4.69, 9.17) is 43.6 Å². The summed E-state index contributed by atoms with van der Waals surface area (Å²) in [7, 11) is 0. The highest BCUT2D eigenvalue weighted by atomic mass is 35.5. The van der Waals surface area contributed by atoms with Crippen molar-refractivity contribution < 1.29 is 20.4 Å². The topological polar surface area (TPSA) is 80.9 Å². The van der Waals surface area contributed by atoms with Crippen LogP contribution in [0.1, 0.15) is 5.56 Å². The first-order valence-electron chi connectivity index (χ1n) is 5.17. The fraction of sp³-hybridized carbons (Fsp3) is 0.0769. The van der Waals surface area contributed by atoms with Crippen molar-refractivity contribution in [3.05, 3.63) is 45.9 Å². The average molecular weight is 303 g/mol. The van der Waals surface area contributed by atoms with Crippen LogP contribution in [0.25, 0.3) is 0 Å². The maximum atomic E-state index is 8.94. The molecule has 0 amide bonds. The molecule has 0 aromatic heterocycles. The van der Waals surface area contributed by atoms with Gasteiger partial charge in [0.2, 0.25) is 0 Å². The second-order valence-corrected chi connectivity index (χ2v) is 4.49. The number of aromatic hydroxyl groups is 4. The lowest BCUT2D eigenvalue weighted by atomic mass is 10.2. The van der Waals surface area contributed by atoms with Crippen molar-refractivity contribution in [1.29, 1.82) is 0 Å². The Morgan fingerprint density at radius 2 is 1.16 bits per heavy atom. The molecule has 0 bridgehead atoms. The van der Waals surface area contributed by atoms with Crippen LogP contribution in [0.3, 0.4) is 0 Å². The summed E-state index contributed by atoms with van der Waals surface area (Å²) in [5.74, 6) is -0.0860. The maximum absolute atomic E-state index is 8.94. The van der Waals surface area contributed by atoms with E-state index in [0.29, 0.717) is 5.56 Å². The Morgan fingerprint density at radius 1 is 0.737 bits per heavy atom. The van der Waals surface area contributed by atoms with Crippen LogP contribution in [0.4, 0.5) is 0 Å². The van der Waals surface area contributed by atoms with Gasteiger partial charge in [0, 0.05) is 11.6 Å². The van der Waals surface area contributed by atoms with Gasteiger partial charge in [-0.3, -0.25) is 0 Å². The molecular formula is C13H12Cl2O4. The third-order valence-corrected chi connectivity index (χ3v) is 2.90. The molecule has 2 rings (SSSR count). The number of benzene rings is 2. The Labute approximate surface area is 120 Å². The molecule has 0 spiro atoms. The lowest BCUT2D eigenvalue weighted by molar-refractivity contribution is 0.443. The number of hydrogen-bond acceptors (Lipinski definition) is 4. The van der Waals surface area contributed by atoms with Crippen molar-refractivity contribution >= 4 is 23.2 Å². The highest BCUT2D eigenvalue weighted by Crippen LogP contribution is 2.33. The third-order valence-electron chi connectivity index (χ3n) is 2.29. The SMILES string of the molecule is Cc1c(O)cccc1O.Oc1cc(O)c(Cl)cc1Cl. The molecule has 0 fully saturated rings. The van der Waals surface area contributed by atoms with Crippen molar-refractivity contribution in [3.8, 4) is 23.0 Å². The molecular weight excluding hydrogens is 291 g/mol. The number of rotatable bonds is 0. The van der Waals surface area contributed by atoms with Gasteiger partial charge in [0.15, 0.2) is 0 Å². The first-order valence-corrected chi connectivity index (χ1v) is 5.93. The summed E-state index contributed by atoms with van der Waals surface area (Å²) in [5.41, 5.74) is 0.525. The molecule has 0 unspecified atom stereocenters. The minimum absolute atomic E-state index is 0.128. The molecule has 0 saturated heterocycles. The maximum Gasteiger partial charge on any atom is 0.137 e. The molecule has 0 aliphatic carbocycles. The first kappa shape index (κ1) is 15.3. The van der Waals surface area contributed by atoms with Crippen molar-refractivity contribution in [1.82, 2.24) is 0 Å². The Balaban J connectivity index is 0.000000191. The summed E-state index contributed by atoms with van der Waals surface area (Å²) in [6.45, 7) is 1.66. The van der Waals surface area contributed by atoms with E-state index >= 15 is 0 Å². The molecule has 2 aromatic rings. The molecule has 2 aromatic carbocycles. The molecule has 0 saturated carbocycles. The lowest BCUT2D eigenvalue weighted by Crippen LogP contribution is -1.73. The first-order chi connectivity index (χ1) is 8.82. The van der Waals surface area contributed by atoms with Gasteiger partial charge in [0.05, 0.1) is 10.0 Å². The Bertz CT molecular complexity index is 515. The number of hydrogen-bond donors (Lipinski definition) is 4. The van der Waals surface area contributed by atoms with Crippen LogP contribution in [0.5, 0.6) is 23.0 Å². The third kappa shape index (κ3) is 4.12. The fourth-order valence-electron chi connectivity index (χ4n) is 1.14. The summed E-state index contributed by atoms with van der Waals surface area (Å²) in [4.78, 5) is 0. The standard InChI is InChI=1S/C7H8O2.C6H4Cl2O2/c1-5-6(8)3-2-4-7(5)9;7-3-1-4(8)6(10)2-5(3)9/h2-4,8-9H,1H3;1-2,9-10H. The van der Waals surface area contributed by atoms with E-state index in [1.54, 1.807) is 13.0 Å². The normalized spacial score (nSPS) is 9.63. The fourth-order valence-corrected chi connectivity index (χ4v) is 1.52. The second kappa shape index (κ2) is 6.41. The van der Waals surface area contributed by atoms with E-state index in [9.17, 15) is 0 Å². The van der Waals surface area contributed by atoms with Crippen molar-refractivity contribution in [3.63, 3.8) is 0 Å². The summed E-state index contributed by atoms with van der Waals surface area (Å²) < 4.78 is 0. The molecule has 6 heteroatoms. The zero-order valence-electron chi connectivity index (χ0n) is 9.93. The van der Waals surface area contributed by atoms with Crippen LogP contribution < -0.4 is 0 Å². The van der Waals surface area contributed by atoms with Gasteiger partial charge in [-0.2, -0.15) is 0 Å². The van der Waals surface area contributed by atoms with Crippen LogP contribution in [0.2, 0.25) is 10.0 Å². The second-order valence-electron chi connectivity index (χ2n) is 3.68. The van der Waals surface area contributed by atoms with Crippen molar-refractivity contribution in [2.75, 3.05) is 0 Å². The average Bonchev–Trinajstić information content (AvgIpc) is 2.34. The molecule has 102 valence electrons. The van der Waals surface area contributed by atoms with Crippen LogP contribution >= 0.6 is 23.2 Å². The molecule has 0 heterocycles. The summed E-state index contributed by atoms with van der Waals surface area (Å²) in [5, 5.41) is 35.9. The molecule has 0 atom stereocenters. The smallest absolute Gasteiger partial charge is 0.137 e. The number of phenols is 4. The van der Waals surface area contributed by atoms with E-state index in [1.165, 1.54) is 18.2 Å². The number of halogens is 2. The summed E-state index contributed by atoms with van der Waals surface area (Å²) in [6.07, 6.45) is 0. The summed E-state index contributed by atoms with van der Waals surface area (Å²) >= 11 is 10.9. The zero-order valence-corrected chi connectivity index (χ0v) is 11.4. The zero-order chi connectivity index (χ0) is 14.6. The van der Waals surface area contributed by atoms with Gasteiger partial charge >= 0.3 is 0 Å². The largest absolute Gasteiger partial charge is 0.508 e. The van der Waals surface area contributed by atoms with E-state index < -0.39 is 0 Å². The molecule has 0 aliphatic rings. The molecule has 4 nitrogen and oxygen atoms in total. The van der Waals surface area contributed by atoms with Gasteiger partial charge in [-0.25, -0.2) is 0 Å². The molecule has 0 radical (unpaired) electrons. The van der Waals surface area contributed by atoms with Gasteiger partial charge in [0.25, 0.3) is 0 Å². The van der Waals surface area contributed by atoms with Crippen LogP contribution in [0, 0.1) is 6.92 Å². The lowest BCUT2D eigenvalue weighted by Gasteiger charge is -1.98. The minimum atomic E-state index is -0.177. The van der Waals surface area contributed by atoms with Gasteiger partial charge in [-0.1, -0.05) is 29.3 Å². The van der Waals surface area contributed by atoms with E-state index in [-0.39, 0.29) is 33.0 Å². The van der Waals surface area contributed by atoms with E-state index in [0.717, 1.165) is 6.07 Å². The van der Waals surface area contributed by atoms with E-state index in [1.807, 2.05) is 0 Å². The van der Waals surface area contributed by atoms with Crippen LogP contribution in [-0.4, -0.2) is 20.4 Å². The Hall–Kier alpha value is -1.78. The van der Waals surface area contributed by atoms with Crippen LogP contribution in [-0.2, 0) is 0 Å². The molecule has 0 aliphatic heterocycles. The van der Waals surface area contributed by atoms with Gasteiger partial charge in [-0.05, 0) is 25.1 Å². The minimum Gasteiger partial charge on any atom is -0.508 e. The Kier molecular flexibility index (Phi) is 5.15. The highest BCUT2D eigenvalue weighted by Gasteiger charge is 2.03. The van der Waals surface area contributed by atoms with Gasteiger partial charge in [-0.15, -0.1) is 0 Å². The monoisotopic (exact) mass is 302 g/mol. The Morgan fingerprint density at radius 3 is 1.47 bits per heavy atom. The molecule has 4 N–H and O–H groups in total. The number of phenolic OH excluding ortho intramolecular Hbond substituents is 4. The highest BCUT2D eigenvalue weighted by molar-refractivity contribution is 6.36. The quantitative estimate of drug-likeness (QED) is 0.596. The van der Waals surface area contributed by atoms with Gasteiger partial charge < -0.3 is 20.4 Å².